The van der Waals surface area contributed by atoms with Gasteiger partial charge in [0.05, 0.1) is 7.11 Å². The molecule has 94 valence electrons. The van der Waals surface area contributed by atoms with Crippen LogP contribution < -0.4 is 15.4 Å². The van der Waals surface area contributed by atoms with Crippen LogP contribution in [-0.2, 0) is 6.54 Å². The van der Waals surface area contributed by atoms with Gasteiger partial charge in [0, 0.05) is 37.2 Å². The van der Waals surface area contributed by atoms with Crippen LogP contribution in [0, 0.1) is 0 Å². The fourth-order valence-electron chi connectivity index (χ4n) is 1.74. The highest BCUT2D eigenvalue weighted by molar-refractivity contribution is 5.48. The number of methoxy groups -OCH3 is 1. The van der Waals surface area contributed by atoms with Crippen LogP contribution >= 0.6 is 0 Å². The van der Waals surface area contributed by atoms with Crippen LogP contribution in [0.1, 0.15) is 5.56 Å². The topological polar surface area (TPSA) is 51.4 Å². The van der Waals surface area contributed by atoms with Gasteiger partial charge in [-0.05, 0) is 23.8 Å². The number of ether oxygens (including phenoxy) is 1. The van der Waals surface area contributed by atoms with Gasteiger partial charge in [0.2, 0.25) is 5.88 Å². The quantitative estimate of drug-likeness (QED) is 0.837. The number of hydrogen-bond acceptors (Lipinski definition) is 4. The molecule has 4 nitrogen and oxygen atoms in total. The lowest BCUT2D eigenvalue weighted by molar-refractivity contribution is 0.398. The third-order valence-corrected chi connectivity index (χ3v) is 2.77. The Morgan fingerprint density at radius 2 is 1.94 bits per heavy atom. The highest BCUT2D eigenvalue weighted by Gasteiger charge is 2.04. The van der Waals surface area contributed by atoms with Gasteiger partial charge < -0.3 is 15.4 Å². The number of hydrogen-bond donors (Lipinski definition) is 1. The summed E-state index contributed by atoms with van der Waals surface area (Å²) < 4.78 is 5.12. The average molecular weight is 243 g/mol. The van der Waals surface area contributed by atoms with Gasteiger partial charge in [-0.25, -0.2) is 4.98 Å². The molecule has 0 radical (unpaired) electrons. The predicted molar refractivity (Wildman–Crippen MR) is 73.8 cm³/mol. The number of pyridine rings is 1. The minimum absolute atomic E-state index is 0.622. The fraction of sp³-hybridized carbons (Fsp3) is 0.214. The molecule has 0 aliphatic heterocycles. The van der Waals surface area contributed by atoms with Crippen molar-refractivity contribution in [3.8, 4) is 5.88 Å². The van der Waals surface area contributed by atoms with E-state index < -0.39 is 0 Å². The normalized spacial score (nSPS) is 10.1. The third-order valence-electron chi connectivity index (χ3n) is 2.77. The van der Waals surface area contributed by atoms with E-state index in [1.165, 1.54) is 5.56 Å². The molecule has 0 amide bonds. The maximum Gasteiger partial charge on any atom is 0.214 e. The fourth-order valence-corrected chi connectivity index (χ4v) is 1.74. The lowest BCUT2D eigenvalue weighted by atomic mass is 10.2. The second kappa shape index (κ2) is 5.40. The van der Waals surface area contributed by atoms with Gasteiger partial charge in [-0.2, -0.15) is 0 Å². The van der Waals surface area contributed by atoms with Crippen molar-refractivity contribution in [2.75, 3.05) is 24.8 Å². The molecule has 2 aromatic rings. The zero-order chi connectivity index (χ0) is 13.0. The Bertz CT molecular complexity index is 511. The molecule has 0 unspecified atom stereocenters. The molecule has 1 aromatic heterocycles. The van der Waals surface area contributed by atoms with E-state index in [9.17, 15) is 0 Å². The van der Waals surface area contributed by atoms with Crippen molar-refractivity contribution in [1.82, 2.24) is 4.98 Å². The standard InChI is InChI=1S/C14H17N3O/c1-17(10-11-3-5-12(15)6-4-11)13-7-8-16-14(9-13)18-2/h3-9H,10,15H2,1-2H3. The summed E-state index contributed by atoms with van der Waals surface area (Å²) >= 11 is 0. The Labute approximate surface area is 107 Å². The van der Waals surface area contributed by atoms with Gasteiger partial charge in [-0.1, -0.05) is 12.1 Å². The summed E-state index contributed by atoms with van der Waals surface area (Å²) in [5.41, 5.74) is 8.73. The molecule has 0 saturated carbocycles. The van der Waals surface area contributed by atoms with Crippen LogP contribution in [0.5, 0.6) is 5.88 Å². The molecule has 0 bridgehead atoms. The number of aromatic nitrogens is 1. The highest BCUT2D eigenvalue weighted by Crippen LogP contribution is 2.19. The molecule has 0 aliphatic rings. The van der Waals surface area contributed by atoms with E-state index in [1.807, 2.05) is 43.4 Å². The van der Waals surface area contributed by atoms with Crippen LogP contribution in [0.15, 0.2) is 42.6 Å². The number of nitrogens with zero attached hydrogens (tertiary/aromatic N) is 2. The Kier molecular flexibility index (Phi) is 3.67. The Balaban J connectivity index is 2.11. The molecule has 0 spiro atoms. The summed E-state index contributed by atoms with van der Waals surface area (Å²) in [6, 6.07) is 11.8. The van der Waals surface area contributed by atoms with Gasteiger partial charge in [0.25, 0.3) is 0 Å². The first-order valence-electron chi connectivity index (χ1n) is 5.74. The van der Waals surface area contributed by atoms with Crippen LogP contribution in [0.3, 0.4) is 0 Å². The third kappa shape index (κ3) is 2.91. The van der Waals surface area contributed by atoms with Crippen molar-refractivity contribution < 1.29 is 4.74 Å². The molecule has 4 heteroatoms. The van der Waals surface area contributed by atoms with Crippen LogP contribution in [0.25, 0.3) is 0 Å². The van der Waals surface area contributed by atoms with E-state index in [2.05, 4.69) is 9.88 Å². The van der Waals surface area contributed by atoms with E-state index in [4.69, 9.17) is 10.5 Å². The van der Waals surface area contributed by atoms with E-state index in [0.29, 0.717) is 5.88 Å². The van der Waals surface area contributed by atoms with E-state index in [1.54, 1.807) is 13.3 Å². The minimum atomic E-state index is 0.622. The highest BCUT2D eigenvalue weighted by atomic mass is 16.5. The van der Waals surface area contributed by atoms with E-state index in [0.717, 1.165) is 17.9 Å². The monoisotopic (exact) mass is 243 g/mol. The minimum Gasteiger partial charge on any atom is -0.481 e. The van der Waals surface area contributed by atoms with Gasteiger partial charge in [0.1, 0.15) is 0 Å². The molecule has 1 heterocycles. The van der Waals surface area contributed by atoms with Crippen molar-refractivity contribution in [1.29, 1.82) is 0 Å². The lowest BCUT2D eigenvalue weighted by Crippen LogP contribution is -2.16. The van der Waals surface area contributed by atoms with E-state index in [-0.39, 0.29) is 0 Å². The average Bonchev–Trinajstić information content (AvgIpc) is 2.41. The Morgan fingerprint density at radius 1 is 1.22 bits per heavy atom. The molecule has 0 fully saturated rings. The number of rotatable bonds is 4. The largest absolute Gasteiger partial charge is 0.481 e. The summed E-state index contributed by atoms with van der Waals surface area (Å²) in [4.78, 5) is 6.23. The molecule has 0 aliphatic carbocycles. The second-order valence-electron chi connectivity index (χ2n) is 4.15. The SMILES string of the molecule is COc1cc(N(C)Cc2ccc(N)cc2)ccn1. The zero-order valence-electron chi connectivity index (χ0n) is 10.6. The smallest absolute Gasteiger partial charge is 0.214 e. The lowest BCUT2D eigenvalue weighted by Gasteiger charge is -2.19. The first kappa shape index (κ1) is 12.2. The maximum absolute atomic E-state index is 5.67. The first-order chi connectivity index (χ1) is 8.69. The number of anilines is 2. The Hall–Kier alpha value is -2.23. The van der Waals surface area contributed by atoms with Crippen molar-refractivity contribution in [2.45, 2.75) is 6.54 Å². The summed E-state index contributed by atoms with van der Waals surface area (Å²) in [7, 11) is 3.65. The van der Waals surface area contributed by atoms with Crippen molar-refractivity contribution in [3.63, 3.8) is 0 Å². The molecule has 2 N–H and O–H groups in total. The number of nitrogens with two attached hydrogens (primary N) is 1. The van der Waals surface area contributed by atoms with Gasteiger partial charge >= 0.3 is 0 Å². The predicted octanol–water partition coefficient (Wildman–Crippen LogP) is 2.31. The Morgan fingerprint density at radius 3 is 2.61 bits per heavy atom. The van der Waals surface area contributed by atoms with Crippen LogP contribution in [0.4, 0.5) is 11.4 Å². The zero-order valence-corrected chi connectivity index (χ0v) is 10.6. The first-order valence-corrected chi connectivity index (χ1v) is 5.74. The van der Waals surface area contributed by atoms with Gasteiger partial charge in [-0.3, -0.25) is 0 Å². The van der Waals surface area contributed by atoms with E-state index >= 15 is 0 Å². The molecule has 18 heavy (non-hydrogen) atoms. The number of nitrogen functional groups attached to an aromatic ring is 1. The second-order valence-corrected chi connectivity index (χ2v) is 4.15. The molecule has 0 saturated heterocycles. The van der Waals surface area contributed by atoms with Gasteiger partial charge in [0.15, 0.2) is 0 Å². The summed E-state index contributed by atoms with van der Waals surface area (Å²) in [5, 5.41) is 0. The molecular weight excluding hydrogens is 226 g/mol. The summed E-state index contributed by atoms with van der Waals surface area (Å²) in [6.07, 6.45) is 1.74. The van der Waals surface area contributed by atoms with Crippen molar-refractivity contribution in [2.24, 2.45) is 0 Å². The number of benzene rings is 1. The summed E-state index contributed by atoms with van der Waals surface area (Å²) in [6.45, 7) is 0.813. The summed E-state index contributed by atoms with van der Waals surface area (Å²) in [5.74, 6) is 0.622. The maximum atomic E-state index is 5.67. The van der Waals surface area contributed by atoms with Crippen LogP contribution in [0.2, 0.25) is 0 Å². The van der Waals surface area contributed by atoms with Gasteiger partial charge in [-0.15, -0.1) is 0 Å². The van der Waals surface area contributed by atoms with Crippen LogP contribution in [-0.4, -0.2) is 19.1 Å². The molecule has 1 aromatic carbocycles. The molecule has 0 atom stereocenters. The molecule has 2 rings (SSSR count). The van der Waals surface area contributed by atoms with Crippen molar-refractivity contribution in [3.05, 3.63) is 48.2 Å². The van der Waals surface area contributed by atoms with Crippen molar-refractivity contribution >= 4 is 11.4 Å². The molecular formula is C14H17N3O.